The van der Waals surface area contributed by atoms with E-state index in [9.17, 15) is 24.6 Å². The number of ether oxygens (including phenoxy) is 2. The molecule has 0 saturated carbocycles. The number of aromatic nitrogens is 3. The van der Waals surface area contributed by atoms with Crippen LogP contribution in [0.5, 0.6) is 0 Å². The molecule has 53 heavy (non-hydrogen) atoms. The Morgan fingerprint density at radius 3 is 2.58 bits per heavy atom. The summed E-state index contributed by atoms with van der Waals surface area (Å²) in [5, 5.41) is 24.6. The number of hydrogen-bond donors (Lipinski definition) is 4. The summed E-state index contributed by atoms with van der Waals surface area (Å²) >= 11 is 1.50. The number of methoxy groups -OCH3 is 1. The average Bonchev–Trinajstić information content (AvgIpc) is 3.71. The van der Waals surface area contributed by atoms with E-state index in [0.717, 1.165) is 39.2 Å². The molecular weight excluding hydrogens is 699 g/mol. The number of carboxylic acid groups (broad SMARTS) is 1. The van der Waals surface area contributed by atoms with Gasteiger partial charge in [0.1, 0.15) is 23.7 Å². The van der Waals surface area contributed by atoms with Crippen LogP contribution in [0.25, 0.3) is 22.3 Å². The van der Waals surface area contributed by atoms with Crippen molar-refractivity contribution in [1.82, 2.24) is 30.3 Å². The highest BCUT2D eigenvalue weighted by molar-refractivity contribution is 8.14. The number of nitrogens with zero attached hydrogens (tertiary/aromatic N) is 5. The first kappa shape index (κ1) is 40.1. The van der Waals surface area contributed by atoms with Gasteiger partial charge in [0.2, 0.25) is 0 Å². The maximum atomic E-state index is 13.8. The normalized spacial score (nSPS) is 19.2. The fourth-order valence-electron chi connectivity index (χ4n) is 6.70. The summed E-state index contributed by atoms with van der Waals surface area (Å²) in [6, 6.07) is 5.80. The minimum Gasteiger partial charge on any atom is -0.480 e. The predicted octanol–water partition coefficient (Wildman–Crippen LogP) is 5.44. The summed E-state index contributed by atoms with van der Waals surface area (Å²) in [5.41, 5.74) is 7.93. The first-order valence-electron chi connectivity index (χ1n) is 18.2. The zero-order valence-corrected chi connectivity index (χ0v) is 32.7. The lowest BCUT2D eigenvalue weighted by molar-refractivity contribution is -0.147. The number of carbonyl (C=O) groups excluding carboxylic acids is 2. The lowest BCUT2D eigenvalue weighted by atomic mass is 9.85. The summed E-state index contributed by atoms with van der Waals surface area (Å²) in [6.45, 7) is 14.3. The van der Waals surface area contributed by atoms with Gasteiger partial charge < -0.3 is 29.6 Å². The Hall–Kier alpha value is -4.05. The molecule has 4 N–H and O–H groups in total. The van der Waals surface area contributed by atoms with Crippen LogP contribution in [0.2, 0.25) is 0 Å². The number of rotatable bonds is 13. The number of amides is 2. The number of hydrazine groups is 1. The lowest BCUT2D eigenvalue weighted by Gasteiger charge is -2.34. The van der Waals surface area contributed by atoms with Gasteiger partial charge in [0.15, 0.2) is 0 Å². The predicted molar refractivity (Wildman–Crippen MR) is 205 cm³/mol. The highest BCUT2D eigenvalue weighted by Crippen LogP contribution is 2.41. The molecule has 4 atom stereocenters. The Kier molecular flexibility index (Phi) is 12.5. The molecule has 0 spiro atoms. The zero-order valence-electron chi connectivity index (χ0n) is 31.9. The number of aliphatic hydroxyl groups is 1. The number of aryl methyl sites for hydroxylation is 1. The van der Waals surface area contributed by atoms with Crippen LogP contribution in [-0.2, 0) is 32.0 Å². The fraction of sp³-hybridized carbons (Fsp3) is 0.579. The molecule has 5 heterocycles. The largest absolute Gasteiger partial charge is 0.480 e. The van der Waals surface area contributed by atoms with Crippen LogP contribution in [0.1, 0.15) is 96.8 Å². The zero-order chi connectivity index (χ0) is 38.7. The van der Waals surface area contributed by atoms with E-state index in [4.69, 9.17) is 24.4 Å². The minimum absolute atomic E-state index is 0.00660. The van der Waals surface area contributed by atoms with E-state index in [1.54, 1.807) is 34.1 Å². The van der Waals surface area contributed by atoms with Gasteiger partial charge in [0.05, 0.1) is 39.3 Å². The fourth-order valence-corrected chi connectivity index (χ4v) is 7.78. The number of hydrogen-bond acceptors (Lipinski definition) is 11. The second-order valence-corrected chi connectivity index (χ2v) is 16.5. The summed E-state index contributed by atoms with van der Waals surface area (Å²) in [5.74, 6) is -0.923. The Morgan fingerprint density at radius 1 is 1.17 bits per heavy atom. The van der Waals surface area contributed by atoms with Crippen molar-refractivity contribution in [2.75, 3.05) is 26.0 Å². The van der Waals surface area contributed by atoms with Crippen molar-refractivity contribution < 1.29 is 34.1 Å². The maximum Gasteiger partial charge on any atom is 0.408 e. The monoisotopic (exact) mass is 751 g/mol. The van der Waals surface area contributed by atoms with Gasteiger partial charge in [-0.3, -0.25) is 24.6 Å². The molecule has 14 nitrogen and oxygen atoms in total. The summed E-state index contributed by atoms with van der Waals surface area (Å²) in [4.78, 5) is 53.3. The summed E-state index contributed by atoms with van der Waals surface area (Å²) < 4.78 is 13.4. The third kappa shape index (κ3) is 9.37. The number of pyridine rings is 2. The van der Waals surface area contributed by atoms with Crippen molar-refractivity contribution in [3.8, 4) is 11.3 Å². The van der Waals surface area contributed by atoms with Gasteiger partial charge >= 0.3 is 12.1 Å². The van der Waals surface area contributed by atoms with E-state index in [1.807, 2.05) is 32.9 Å². The molecule has 0 aromatic carbocycles. The van der Waals surface area contributed by atoms with Crippen molar-refractivity contribution in [1.29, 1.82) is 0 Å². The van der Waals surface area contributed by atoms with E-state index in [2.05, 4.69) is 34.4 Å². The number of alkyl carbamates (subject to hydrolysis) is 1. The number of carbonyl (C=O) groups is 3. The second-order valence-electron chi connectivity index (χ2n) is 15.4. The number of thioether (sulfide) groups is 1. The Bertz CT molecular complexity index is 1850. The van der Waals surface area contributed by atoms with E-state index in [0.29, 0.717) is 43.1 Å². The molecule has 5 rings (SSSR count). The number of carboxylic acids is 1. The first-order valence-corrected chi connectivity index (χ1v) is 19.1. The van der Waals surface area contributed by atoms with Gasteiger partial charge in [-0.2, -0.15) is 0 Å². The second kappa shape index (κ2) is 16.5. The Balaban J connectivity index is 1.51. The topological polar surface area (TPSA) is 180 Å². The Morgan fingerprint density at radius 2 is 1.92 bits per heavy atom. The van der Waals surface area contributed by atoms with Crippen molar-refractivity contribution >= 4 is 45.8 Å². The molecule has 2 amide bonds. The SMILES string of the molecule is CCn1c(-c2cccnc2[C@H](C)OC)c(CC(C)(C)CO)c2nc(C3CSC(C[C@H](NC(=O)OC(C)(C)C)C(=O)N4CCC[C@@H](C(=O)O)N4)=N3)ccc21. The van der Waals surface area contributed by atoms with Crippen LogP contribution in [0.3, 0.4) is 0 Å². The maximum absolute atomic E-state index is 13.8. The average molecular weight is 752 g/mol. The van der Waals surface area contributed by atoms with Gasteiger partial charge in [-0.1, -0.05) is 13.8 Å². The van der Waals surface area contributed by atoms with E-state index < -0.39 is 41.1 Å². The van der Waals surface area contributed by atoms with Crippen LogP contribution < -0.4 is 10.7 Å². The molecule has 2 aliphatic rings. The standard InChI is InChI=1S/C38H53N7O7S/c1-9-44-29-15-14-25(41-32(29)24(19-38(6,7)21-46)33(44)23-12-10-16-39-31(23)22(2)51-8)28-20-53-30(40-28)18-27(42-36(50)52-37(3,4)5)34(47)45-17-11-13-26(43-45)35(48)49/h10,12,14-16,22,26-28,43,46H,9,11,13,17-21H2,1-8H3,(H,42,50)(H,48,49)/t22-,26-,27-,28?/m0/s1. The van der Waals surface area contributed by atoms with E-state index in [-0.39, 0.29) is 25.2 Å². The molecular formula is C38H53N7O7S. The van der Waals surface area contributed by atoms with E-state index in [1.165, 1.54) is 16.8 Å². The quantitative estimate of drug-likeness (QED) is 0.175. The number of nitrogens with one attached hydrogen (secondary N) is 2. The first-order chi connectivity index (χ1) is 25.1. The third-order valence-electron chi connectivity index (χ3n) is 9.43. The number of fused-ring (bicyclic) bond motifs is 1. The van der Waals surface area contributed by atoms with Gasteiger partial charge in [0, 0.05) is 56.3 Å². The smallest absolute Gasteiger partial charge is 0.408 e. The van der Waals surface area contributed by atoms with Gasteiger partial charge in [0.25, 0.3) is 5.91 Å². The molecule has 3 aromatic rings. The van der Waals surface area contributed by atoms with Crippen molar-refractivity contribution in [3.05, 3.63) is 47.4 Å². The lowest BCUT2D eigenvalue weighted by Crippen LogP contribution is -2.60. The molecule has 0 radical (unpaired) electrons. The highest BCUT2D eigenvalue weighted by Gasteiger charge is 2.36. The minimum atomic E-state index is -1.04. The number of aliphatic imine (C=N–C) groups is 1. The van der Waals surface area contributed by atoms with Crippen LogP contribution in [0, 0.1) is 5.41 Å². The van der Waals surface area contributed by atoms with Crippen LogP contribution in [0.4, 0.5) is 4.79 Å². The molecule has 1 unspecified atom stereocenters. The molecule has 1 saturated heterocycles. The molecule has 288 valence electrons. The van der Waals surface area contributed by atoms with Crippen molar-refractivity contribution in [2.45, 2.75) is 111 Å². The third-order valence-corrected chi connectivity index (χ3v) is 10.5. The number of aliphatic hydroxyl groups excluding tert-OH is 1. The van der Waals surface area contributed by atoms with Crippen molar-refractivity contribution in [2.24, 2.45) is 10.4 Å². The molecule has 1 fully saturated rings. The van der Waals surface area contributed by atoms with Crippen LogP contribution in [-0.4, -0.2) is 96.5 Å². The summed E-state index contributed by atoms with van der Waals surface area (Å²) in [6.07, 6.45) is 2.34. The Labute approximate surface area is 315 Å². The molecule has 0 bridgehead atoms. The number of aliphatic carboxylic acids is 1. The van der Waals surface area contributed by atoms with Crippen molar-refractivity contribution in [3.63, 3.8) is 0 Å². The summed E-state index contributed by atoms with van der Waals surface area (Å²) in [7, 11) is 1.67. The molecule has 0 aliphatic carbocycles. The molecule has 3 aromatic heterocycles. The van der Waals surface area contributed by atoms with E-state index >= 15 is 0 Å². The van der Waals surface area contributed by atoms with Gasteiger partial charge in [-0.25, -0.2) is 15.2 Å². The highest BCUT2D eigenvalue weighted by atomic mass is 32.2. The molecule has 2 aliphatic heterocycles. The van der Waals surface area contributed by atoms with Gasteiger partial charge in [-0.05, 0) is 83.6 Å². The van der Waals surface area contributed by atoms with Crippen LogP contribution >= 0.6 is 11.8 Å². The van der Waals surface area contributed by atoms with Crippen LogP contribution in [0.15, 0.2) is 35.5 Å². The van der Waals surface area contributed by atoms with Gasteiger partial charge in [-0.15, -0.1) is 11.8 Å². The molecule has 15 heteroatoms.